The minimum Gasteiger partial charge on any atom is -0.396 e. The predicted molar refractivity (Wildman–Crippen MR) is 59.8 cm³/mol. The van der Waals surface area contributed by atoms with Crippen LogP contribution in [0.1, 0.15) is 36.3 Å². The second-order valence-electron chi connectivity index (χ2n) is 4.36. The molecule has 0 heterocycles. The molecule has 1 aliphatic rings. The van der Waals surface area contributed by atoms with E-state index in [4.69, 9.17) is 5.11 Å². The van der Waals surface area contributed by atoms with Crippen LogP contribution in [0.5, 0.6) is 0 Å². The SMILES string of the molecule is OCCCC(O)CC1Cc2ccccc21. The second kappa shape index (κ2) is 4.77. The van der Waals surface area contributed by atoms with Crippen molar-refractivity contribution in [3.05, 3.63) is 35.4 Å². The molecule has 0 spiro atoms. The molecule has 0 saturated heterocycles. The molecule has 2 atom stereocenters. The van der Waals surface area contributed by atoms with Gasteiger partial charge in [-0.3, -0.25) is 0 Å². The number of hydrogen-bond donors (Lipinski definition) is 2. The van der Waals surface area contributed by atoms with E-state index in [0.717, 1.165) is 19.3 Å². The summed E-state index contributed by atoms with van der Waals surface area (Å²) in [6.07, 6.45) is 3.11. The molecule has 1 aromatic rings. The highest BCUT2D eigenvalue weighted by Crippen LogP contribution is 2.38. The van der Waals surface area contributed by atoms with Crippen molar-refractivity contribution in [1.82, 2.24) is 0 Å². The van der Waals surface area contributed by atoms with Gasteiger partial charge in [0, 0.05) is 6.61 Å². The van der Waals surface area contributed by atoms with Crippen LogP contribution in [0.2, 0.25) is 0 Å². The van der Waals surface area contributed by atoms with E-state index in [1.807, 2.05) is 0 Å². The molecular weight excluding hydrogens is 188 g/mol. The van der Waals surface area contributed by atoms with Crippen molar-refractivity contribution in [2.45, 2.75) is 37.7 Å². The van der Waals surface area contributed by atoms with Crippen LogP contribution in [-0.4, -0.2) is 22.9 Å². The van der Waals surface area contributed by atoms with Gasteiger partial charge in [-0.05, 0) is 42.7 Å². The Morgan fingerprint density at radius 2 is 2.13 bits per heavy atom. The summed E-state index contributed by atoms with van der Waals surface area (Å²) < 4.78 is 0. The zero-order valence-electron chi connectivity index (χ0n) is 8.89. The summed E-state index contributed by atoms with van der Waals surface area (Å²) in [5.74, 6) is 0.537. The number of aliphatic hydroxyl groups is 2. The number of fused-ring (bicyclic) bond motifs is 1. The standard InChI is InChI=1S/C13H18O2/c14-7-3-5-12(15)9-11-8-10-4-1-2-6-13(10)11/h1-2,4,6,11-12,14-15H,3,5,7-9H2. The third kappa shape index (κ3) is 2.39. The molecule has 2 N–H and O–H groups in total. The van der Waals surface area contributed by atoms with Crippen molar-refractivity contribution in [2.75, 3.05) is 6.61 Å². The maximum Gasteiger partial charge on any atom is 0.0547 e. The average molecular weight is 206 g/mol. The molecule has 2 rings (SSSR count). The fraction of sp³-hybridized carbons (Fsp3) is 0.538. The zero-order chi connectivity index (χ0) is 10.7. The first-order chi connectivity index (χ1) is 7.31. The largest absolute Gasteiger partial charge is 0.396 e. The minimum absolute atomic E-state index is 0.179. The Bertz CT molecular complexity index is 322. The number of rotatable bonds is 5. The van der Waals surface area contributed by atoms with Crippen LogP contribution in [0.15, 0.2) is 24.3 Å². The van der Waals surface area contributed by atoms with Crippen molar-refractivity contribution < 1.29 is 10.2 Å². The molecule has 0 amide bonds. The average Bonchev–Trinajstić information content (AvgIpc) is 2.23. The van der Waals surface area contributed by atoms with E-state index in [1.54, 1.807) is 0 Å². The molecule has 0 aromatic heterocycles. The number of benzene rings is 1. The summed E-state index contributed by atoms with van der Waals surface area (Å²) in [7, 11) is 0. The van der Waals surface area contributed by atoms with Gasteiger partial charge in [-0.2, -0.15) is 0 Å². The van der Waals surface area contributed by atoms with E-state index < -0.39 is 0 Å². The molecule has 0 bridgehead atoms. The van der Waals surface area contributed by atoms with Gasteiger partial charge in [0.1, 0.15) is 0 Å². The van der Waals surface area contributed by atoms with E-state index in [9.17, 15) is 5.11 Å². The first-order valence-electron chi connectivity index (χ1n) is 5.68. The smallest absolute Gasteiger partial charge is 0.0547 e. The van der Waals surface area contributed by atoms with Crippen LogP contribution >= 0.6 is 0 Å². The van der Waals surface area contributed by atoms with Gasteiger partial charge in [0.25, 0.3) is 0 Å². The highest BCUT2D eigenvalue weighted by molar-refractivity contribution is 5.39. The normalized spacial score (nSPS) is 20.5. The third-order valence-corrected chi connectivity index (χ3v) is 3.21. The van der Waals surface area contributed by atoms with Gasteiger partial charge in [-0.25, -0.2) is 0 Å². The van der Waals surface area contributed by atoms with Gasteiger partial charge in [0.15, 0.2) is 0 Å². The molecule has 82 valence electrons. The second-order valence-corrected chi connectivity index (χ2v) is 4.36. The van der Waals surface area contributed by atoms with E-state index in [1.165, 1.54) is 11.1 Å². The maximum atomic E-state index is 9.73. The van der Waals surface area contributed by atoms with Gasteiger partial charge in [0.05, 0.1) is 6.10 Å². The molecule has 1 aromatic carbocycles. The summed E-state index contributed by atoms with van der Waals surface area (Å²) in [5, 5.41) is 18.4. The molecule has 2 nitrogen and oxygen atoms in total. The van der Waals surface area contributed by atoms with Crippen molar-refractivity contribution in [3.8, 4) is 0 Å². The monoisotopic (exact) mass is 206 g/mol. The first-order valence-corrected chi connectivity index (χ1v) is 5.68. The molecule has 15 heavy (non-hydrogen) atoms. The van der Waals surface area contributed by atoms with E-state index in [2.05, 4.69) is 24.3 Å². The molecule has 0 aliphatic heterocycles. The number of hydrogen-bond acceptors (Lipinski definition) is 2. The molecule has 1 aliphatic carbocycles. The van der Waals surface area contributed by atoms with Crippen LogP contribution in [0.3, 0.4) is 0 Å². The van der Waals surface area contributed by atoms with Gasteiger partial charge < -0.3 is 10.2 Å². The lowest BCUT2D eigenvalue weighted by Gasteiger charge is -2.31. The van der Waals surface area contributed by atoms with E-state index in [0.29, 0.717) is 12.3 Å². The van der Waals surface area contributed by atoms with Gasteiger partial charge in [-0.15, -0.1) is 0 Å². The Morgan fingerprint density at radius 3 is 2.87 bits per heavy atom. The quantitative estimate of drug-likeness (QED) is 0.772. The lowest BCUT2D eigenvalue weighted by molar-refractivity contribution is 0.130. The van der Waals surface area contributed by atoms with Crippen LogP contribution in [0.25, 0.3) is 0 Å². The summed E-state index contributed by atoms with van der Waals surface area (Å²) in [4.78, 5) is 0. The Morgan fingerprint density at radius 1 is 1.33 bits per heavy atom. The first kappa shape index (κ1) is 10.7. The third-order valence-electron chi connectivity index (χ3n) is 3.21. The molecule has 0 saturated carbocycles. The zero-order valence-corrected chi connectivity index (χ0v) is 8.89. The lowest BCUT2D eigenvalue weighted by Crippen LogP contribution is -2.22. The van der Waals surface area contributed by atoms with E-state index in [-0.39, 0.29) is 12.7 Å². The summed E-state index contributed by atoms with van der Waals surface area (Å²) in [5.41, 5.74) is 2.83. The molecule has 2 heteroatoms. The highest BCUT2D eigenvalue weighted by atomic mass is 16.3. The summed E-state index contributed by atoms with van der Waals surface area (Å²) in [6.45, 7) is 0.179. The van der Waals surface area contributed by atoms with Crippen molar-refractivity contribution in [3.63, 3.8) is 0 Å². The Kier molecular flexibility index (Phi) is 3.39. The van der Waals surface area contributed by atoms with Gasteiger partial charge in [-0.1, -0.05) is 24.3 Å². The highest BCUT2D eigenvalue weighted by Gasteiger charge is 2.26. The van der Waals surface area contributed by atoms with Gasteiger partial charge in [0.2, 0.25) is 0 Å². The topological polar surface area (TPSA) is 40.5 Å². The number of aliphatic hydroxyl groups excluding tert-OH is 2. The van der Waals surface area contributed by atoms with Crippen LogP contribution in [0, 0.1) is 0 Å². The molecule has 0 fully saturated rings. The molecule has 0 radical (unpaired) electrons. The van der Waals surface area contributed by atoms with E-state index >= 15 is 0 Å². The Balaban J connectivity index is 1.84. The minimum atomic E-state index is -0.254. The van der Waals surface area contributed by atoms with Crippen molar-refractivity contribution in [2.24, 2.45) is 0 Å². The summed E-state index contributed by atoms with van der Waals surface area (Å²) in [6, 6.07) is 8.44. The molecular formula is C13H18O2. The van der Waals surface area contributed by atoms with Crippen molar-refractivity contribution in [1.29, 1.82) is 0 Å². The fourth-order valence-corrected chi connectivity index (χ4v) is 2.35. The Hall–Kier alpha value is -0.860. The Labute approximate surface area is 90.6 Å². The van der Waals surface area contributed by atoms with Crippen LogP contribution in [-0.2, 0) is 6.42 Å². The maximum absolute atomic E-state index is 9.73. The van der Waals surface area contributed by atoms with Crippen LogP contribution in [0.4, 0.5) is 0 Å². The molecule has 2 unspecified atom stereocenters. The fourth-order valence-electron chi connectivity index (χ4n) is 2.35. The van der Waals surface area contributed by atoms with Crippen molar-refractivity contribution >= 4 is 0 Å². The summed E-state index contributed by atoms with van der Waals surface area (Å²) >= 11 is 0. The van der Waals surface area contributed by atoms with Crippen LogP contribution < -0.4 is 0 Å². The predicted octanol–water partition coefficient (Wildman–Crippen LogP) is 1.85. The van der Waals surface area contributed by atoms with Gasteiger partial charge >= 0.3 is 0 Å². The lowest BCUT2D eigenvalue weighted by atomic mass is 9.74.